The van der Waals surface area contributed by atoms with Crippen molar-refractivity contribution in [1.29, 1.82) is 0 Å². The summed E-state index contributed by atoms with van der Waals surface area (Å²) in [4.78, 5) is 13.9. The number of rotatable bonds is 5. The molecule has 1 saturated carbocycles. The van der Waals surface area contributed by atoms with E-state index in [0.717, 1.165) is 48.6 Å². The van der Waals surface area contributed by atoms with Gasteiger partial charge in [0.2, 0.25) is 5.91 Å². The van der Waals surface area contributed by atoms with Crippen LogP contribution in [0, 0.1) is 0 Å². The molecule has 1 unspecified atom stereocenters. The summed E-state index contributed by atoms with van der Waals surface area (Å²) in [7, 11) is 0. The van der Waals surface area contributed by atoms with Crippen molar-refractivity contribution in [2.75, 3.05) is 11.4 Å². The van der Waals surface area contributed by atoms with Crippen molar-refractivity contribution < 1.29 is 4.79 Å². The number of halogens is 1. The van der Waals surface area contributed by atoms with Crippen molar-refractivity contribution in [2.45, 2.75) is 50.7 Å². The predicted molar refractivity (Wildman–Crippen MR) is 85.5 cm³/mol. The van der Waals surface area contributed by atoms with Crippen LogP contribution >= 0.6 is 11.6 Å². The van der Waals surface area contributed by atoms with Crippen LogP contribution in [0.25, 0.3) is 0 Å². The highest BCUT2D eigenvalue weighted by molar-refractivity contribution is 6.30. The lowest BCUT2D eigenvalue weighted by molar-refractivity contribution is -0.119. The van der Waals surface area contributed by atoms with Crippen molar-refractivity contribution in [2.24, 2.45) is 5.73 Å². The number of nitrogens with two attached hydrogens (primary N) is 1. The Morgan fingerprint density at radius 1 is 1.33 bits per heavy atom. The van der Waals surface area contributed by atoms with E-state index in [1.54, 1.807) is 0 Å². The highest BCUT2D eigenvalue weighted by Crippen LogP contribution is 2.31. The Morgan fingerprint density at radius 2 is 2.14 bits per heavy atom. The smallest absolute Gasteiger partial charge is 0.240 e. The first-order valence-electron chi connectivity index (χ1n) is 7.73. The van der Waals surface area contributed by atoms with Crippen LogP contribution in [0.3, 0.4) is 0 Å². The van der Waals surface area contributed by atoms with Gasteiger partial charge in [0.25, 0.3) is 0 Å². The molecule has 1 heterocycles. The zero-order valence-corrected chi connectivity index (χ0v) is 12.9. The average Bonchev–Trinajstić information content (AvgIpc) is 3.29. The zero-order valence-electron chi connectivity index (χ0n) is 12.1. The van der Waals surface area contributed by atoms with E-state index in [0.29, 0.717) is 6.04 Å². The standard InChI is InChI=1S/C16H22ClN3O/c17-12-4-7-14(11(9-12)10-19-13-5-6-13)20-8-2-1-3-15(20)16(18)21/h4,7,9,13,15,19H,1-3,5-6,8,10H2,(H2,18,21). The second-order valence-corrected chi connectivity index (χ2v) is 6.47. The fourth-order valence-corrected chi connectivity index (χ4v) is 3.23. The Hall–Kier alpha value is -1.26. The molecule has 3 rings (SSSR count). The fourth-order valence-electron chi connectivity index (χ4n) is 3.03. The van der Waals surface area contributed by atoms with Crippen LogP contribution in [0.4, 0.5) is 5.69 Å². The molecule has 0 bridgehead atoms. The van der Waals surface area contributed by atoms with E-state index in [-0.39, 0.29) is 11.9 Å². The van der Waals surface area contributed by atoms with Crippen molar-refractivity contribution in [3.63, 3.8) is 0 Å². The van der Waals surface area contributed by atoms with Gasteiger partial charge in [0.05, 0.1) is 0 Å². The summed E-state index contributed by atoms with van der Waals surface area (Å²) in [6.07, 6.45) is 5.51. The molecular weight excluding hydrogens is 286 g/mol. The van der Waals surface area contributed by atoms with Gasteiger partial charge in [-0.15, -0.1) is 0 Å². The zero-order chi connectivity index (χ0) is 14.8. The molecule has 3 N–H and O–H groups in total. The number of carbonyl (C=O) groups is 1. The summed E-state index contributed by atoms with van der Waals surface area (Å²) in [6.45, 7) is 1.67. The molecule has 0 radical (unpaired) electrons. The number of piperidine rings is 1. The summed E-state index contributed by atoms with van der Waals surface area (Å²) >= 11 is 6.15. The Balaban J connectivity index is 1.85. The topological polar surface area (TPSA) is 58.4 Å². The van der Waals surface area contributed by atoms with E-state index >= 15 is 0 Å². The van der Waals surface area contributed by atoms with Crippen LogP contribution in [0.2, 0.25) is 5.02 Å². The van der Waals surface area contributed by atoms with Crippen LogP contribution in [0.1, 0.15) is 37.7 Å². The number of nitrogens with one attached hydrogen (secondary N) is 1. The van der Waals surface area contributed by atoms with Gasteiger partial charge in [0, 0.05) is 29.8 Å². The Bertz CT molecular complexity index is 530. The van der Waals surface area contributed by atoms with Gasteiger partial charge in [0.15, 0.2) is 0 Å². The van der Waals surface area contributed by atoms with E-state index in [2.05, 4.69) is 10.2 Å². The van der Waals surface area contributed by atoms with Gasteiger partial charge in [-0.3, -0.25) is 4.79 Å². The molecule has 4 nitrogen and oxygen atoms in total. The van der Waals surface area contributed by atoms with Gasteiger partial charge in [-0.05, 0) is 55.9 Å². The van der Waals surface area contributed by atoms with Crippen LogP contribution < -0.4 is 16.0 Å². The lowest BCUT2D eigenvalue weighted by Crippen LogP contribution is -2.48. The number of hydrogen-bond donors (Lipinski definition) is 2. The molecule has 1 atom stereocenters. The molecule has 21 heavy (non-hydrogen) atoms. The average molecular weight is 308 g/mol. The molecule has 1 aromatic carbocycles. The molecule has 0 aromatic heterocycles. The second-order valence-electron chi connectivity index (χ2n) is 6.04. The summed E-state index contributed by atoms with van der Waals surface area (Å²) in [5, 5.41) is 4.26. The van der Waals surface area contributed by atoms with Gasteiger partial charge < -0.3 is 16.0 Å². The Morgan fingerprint density at radius 3 is 2.86 bits per heavy atom. The highest BCUT2D eigenvalue weighted by atomic mass is 35.5. The van der Waals surface area contributed by atoms with Gasteiger partial charge in [-0.1, -0.05) is 11.6 Å². The Kier molecular flexibility index (Phi) is 4.36. The molecule has 1 amide bonds. The summed E-state index contributed by atoms with van der Waals surface area (Å²) in [5.41, 5.74) is 7.83. The maximum absolute atomic E-state index is 11.7. The Labute approximate surface area is 130 Å². The molecule has 5 heteroatoms. The molecule has 0 spiro atoms. The lowest BCUT2D eigenvalue weighted by Gasteiger charge is -2.37. The van der Waals surface area contributed by atoms with E-state index in [1.807, 2.05) is 18.2 Å². The van der Waals surface area contributed by atoms with Gasteiger partial charge in [0.1, 0.15) is 6.04 Å². The van der Waals surface area contributed by atoms with Crippen molar-refractivity contribution in [3.05, 3.63) is 28.8 Å². The molecule has 114 valence electrons. The molecule has 2 aliphatic rings. The molecule has 1 aliphatic heterocycles. The van der Waals surface area contributed by atoms with Crippen LogP contribution in [0.15, 0.2) is 18.2 Å². The van der Waals surface area contributed by atoms with Gasteiger partial charge in [-0.25, -0.2) is 0 Å². The predicted octanol–water partition coefficient (Wildman–Crippen LogP) is 2.44. The highest BCUT2D eigenvalue weighted by Gasteiger charge is 2.29. The number of nitrogens with zero attached hydrogens (tertiary/aromatic N) is 1. The minimum absolute atomic E-state index is 0.195. The maximum atomic E-state index is 11.7. The monoisotopic (exact) mass is 307 g/mol. The number of primary amides is 1. The third kappa shape index (κ3) is 3.50. The van der Waals surface area contributed by atoms with Crippen molar-refractivity contribution in [1.82, 2.24) is 5.32 Å². The summed E-state index contributed by atoms with van der Waals surface area (Å²) in [5.74, 6) is -0.231. The summed E-state index contributed by atoms with van der Waals surface area (Å²) < 4.78 is 0. The quantitative estimate of drug-likeness (QED) is 0.878. The number of carbonyl (C=O) groups excluding carboxylic acids is 1. The first-order valence-corrected chi connectivity index (χ1v) is 8.11. The molecule has 1 aromatic rings. The minimum atomic E-state index is -0.231. The van der Waals surface area contributed by atoms with Gasteiger partial charge >= 0.3 is 0 Å². The van der Waals surface area contributed by atoms with E-state index in [1.165, 1.54) is 12.8 Å². The molecular formula is C16H22ClN3O. The first-order chi connectivity index (χ1) is 10.1. The number of anilines is 1. The number of amides is 1. The lowest BCUT2D eigenvalue weighted by atomic mass is 9.99. The maximum Gasteiger partial charge on any atom is 0.240 e. The van der Waals surface area contributed by atoms with Crippen molar-refractivity contribution >= 4 is 23.2 Å². The third-order valence-corrected chi connectivity index (χ3v) is 4.58. The van der Waals surface area contributed by atoms with E-state index < -0.39 is 0 Å². The minimum Gasteiger partial charge on any atom is -0.368 e. The fraction of sp³-hybridized carbons (Fsp3) is 0.562. The third-order valence-electron chi connectivity index (χ3n) is 4.34. The number of hydrogen-bond acceptors (Lipinski definition) is 3. The van der Waals surface area contributed by atoms with Crippen LogP contribution in [-0.2, 0) is 11.3 Å². The molecule has 1 aliphatic carbocycles. The van der Waals surface area contributed by atoms with E-state index in [4.69, 9.17) is 17.3 Å². The van der Waals surface area contributed by atoms with Crippen LogP contribution in [-0.4, -0.2) is 24.5 Å². The second kappa shape index (κ2) is 6.24. The largest absolute Gasteiger partial charge is 0.368 e. The SMILES string of the molecule is NC(=O)C1CCCCN1c1ccc(Cl)cc1CNC1CC1. The van der Waals surface area contributed by atoms with Crippen LogP contribution in [0.5, 0.6) is 0 Å². The van der Waals surface area contributed by atoms with Gasteiger partial charge in [-0.2, -0.15) is 0 Å². The number of benzene rings is 1. The summed E-state index contributed by atoms with van der Waals surface area (Å²) in [6, 6.07) is 6.36. The molecule has 1 saturated heterocycles. The normalized spacial score (nSPS) is 22.3. The first kappa shape index (κ1) is 14.7. The van der Waals surface area contributed by atoms with Crippen molar-refractivity contribution in [3.8, 4) is 0 Å². The van der Waals surface area contributed by atoms with E-state index in [9.17, 15) is 4.79 Å². The molecule has 2 fully saturated rings.